The number of fused-ring (bicyclic) bond motifs is 2. The van der Waals surface area contributed by atoms with Gasteiger partial charge in [-0.05, 0) is 45.8 Å². The van der Waals surface area contributed by atoms with Crippen LogP contribution in [0.15, 0.2) is 78.9 Å². The van der Waals surface area contributed by atoms with Crippen LogP contribution < -0.4 is 4.74 Å². The van der Waals surface area contributed by atoms with Crippen molar-refractivity contribution >= 4 is 10.8 Å². The number of phenols is 1. The summed E-state index contributed by atoms with van der Waals surface area (Å²) in [6, 6.07) is 26.7. The summed E-state index contributed by atoms with van der Waals surface area (Å²) in [6.07, 6.45) is 2.36. The van der Waals surface area contributed by atoms with E-state index in [2.05, 4.69) is 42.2 Å². The molecule has 1 heterocycles. The van der Waals surface area contributed by atoms with Crippen LogP contribution in [0.3, 0.4) is 0 Å². The zero-order valence-corrected chi connectivity index (χ0v) is 16.7. The van der Waals surface area contributed by atoms with Crippen LogP contribution in [0.2, 0.25) is 0 Å². The van der Waals surface area contributed by atoms with Gasteiger partial charge in [-0.3, -0.25) is 0 Å². The second kappa shape index (κ2) is 7.97. The molecule has 0 saturated carbocycles. The molecule has 2 heteroatoms. The third-order valence-electron chi connectivity index (χ3n) is 5.59. The number of hydrogen-bond donors (Lipinski definition) is 1. The van der Waals surface area contributed by atoms with Gasteiger partial charge in [-0.1, -0.05) is 72.5 Å². The summed E-state index contributed by atoms with van der Waals surface area (Å²) < 4.78 is 5.60. The Balaban J connectivity index is 1.42. The average molecular weight is 390 g/mol. The first-order chi connectivity index (χ1) is 14.8. The molecule has 1 aliphatic rings. The van der Waals surface area contributed by atoms with Crippen molar-refractivity contribution in [1.82, 2.24) is 0 Å². The van der Waals surface area contributed by atoms with Crippen LogP contribution in [-0.2, 0) is 19.3 Å². The monoisotopic (exact) mass is 390 g/mol. The van der Waals surface area contributed by atoms with E-state index in [1.807, 2.05) is 48.5 Å². The van der Waals surface area contributed by atoms with Gasteiger partial charge in [0.2, 0.25) is 0 Å². The summed E-state index contributed by atoms with van der Waals surface area (Å²) in [4.78, 5) is 0. The third-order valence-corrected chi connectivity index (χ3v) is 5.59. The molecule has 0 amide bonds. The van der Waals surface area contributed by atoms with E-state index in [0.29, 0.717) is 18.6 Å². The maximum absolute atomic E-state index is 11.0. The molecule has 4 aromatic carbocycles. The van der Waals surface area contributed by atoms with Gasteiger partial charge >= 0.3 is 0 Å². The highest BCUT2D eigenvalue weighted by atomic mass is 16.5. The van der Waals surface area contributed by atoms with Gasteiger partial charge in [0.15, 0.2) is 0 Å². The molecule has 0 aliphatic carbocycles. The summed E-state index contributed by atoms with van der Waals surface area (Å²) in [6.45, 7) is 0.758. The fraction of sp³-hybridized carbons (Fsp3) is 0.143. The Bertz CT molecular complexity index is 1280. The highest BCUT2D eigenvalue weighted by Gasteiger charge is 2.13. The van der Waals surface area contributed by atoms with Gasteiger partial charge in [-0.15, -0.1) is 0 Å². The van der Waals surface area contributed by atoms with Crippen LogP contribution in [0.1, 0.15) is 27.8 Å². The molecule has 0 spiro atoms. The maximum Gasteiger partial charge on any atom is 0.126 e. The topological polar surface area (TPSA) is 29.5 Å². The number of ether oxygens (including phenoxy) is 1. The Kier molecular flexibility index (Phi) is 4.87. The molecule has 0 atom stereocenters. The molecule has 146 valence electrons. The fourth-order valence-corrected chi connectivity index (χ4v) is 3.98. The van der Waals surface area contributed by atoms with Crippen molar-refractivity contribution in [2.24, 2.45) is 0 Å². The average Bonchev–Trinajstić information content (AvgIpc) is 3.25. The molecule has 2 nitrogen and oxygen atoms in total. The van der Waals surface area contributed by atoms with Gasteiger partial charge in [0.25, 0.3) is 0 Å². The van der Waals surface area contributed by atoms with E-state index in [1.165, 1.54) is 16.7 Å². The van der Waals surface area contributed by atoms with Gasteiger partial charge in [-0.2, -0.15) is 0 Å². The van der Waals surface area contributed by atoms with E-state index < -0.39 is 0 Å². The van der Waals surface area contributed by atoms with Gasteiger partial charge < -0.3 is 9.84 Å². The van der Waals surface area contributed by atoms with Crippen molar-refractivity contribution < 1.29 is 9.84 Å². The summed E-state index contributed by atoms with van der Waals surface area (Å²) in [5.74, 6) is 7.80. The summed E-state index contributed by atoms with van der Waals surface area (Å²) >= 11 is 0. The van der Waals surface area contributed by atoms with Crippen molar-refractivity contribution in [1.29, 1.82) is 0 Å². The number of aromatic hydroxyl groups is 1. The Morgan fingerprint density at radius 1 is 0.867 bits per heavy atom. The van der Waals surface area contributed by atoms with E-state index >= 15 is 0 Å². The van der Waals surface area contributed by atoms with Gasteiger partial charge in [-0.25, -0.2) is 0 Å². The molecule has 0 saturated heterocycles. The van der Waals surface area contributed by atoms with Crippen molar-refractivity contribution in [3.8, 4) is 23.3 Å². The highest BCUT2D eigenvalue weighted by Crippen LogP contribution is 2.32. The predicted octanol–water partition coefficient (Wildman–Crippen LogP) is 5.67. The normalized spacial score (nSPS) is 12.1. The molecule has 0 bridgehead atoms. The Morgan fingerprint density at radius 2 is 1.73 bits per heavy atom. The molecule has 1 N–H and O–H groups in total. The lowest BCUT2D eigenvalue weighted by Crippen LogP contribution is -1.91. The summed E-state index contributed by atoms with van der Waals surface area (Å²) in [5.41, 5.74) is 5.49. The van der Waals surface area contributed by atoms with E-state index in [1.54, 1.807) is 0 Å². The molecule has 5 rings (SSSR count). The molecule has 0 unspecified atom stereocenters. The quantitative estimate of drug-likeness (QED) is 0.457. The van der Waals surface area contributed by atoms with Crippen molar-refractivity contribution in [3.05, 3.63) is 107 Å². The highest BCUT2D eigenvalue weighted by molar-refractivity contribution is 5.90. The van der Waals surface area contributed by atoms with Crippen LogP contribution in [0.5, 0.6) is 11.5 Å². The molecule has 0 fully saturated rings. The van der Waals surface area contributed by atoms with Crippen LogP contribution >= 0.6 is 0 Å². The number of phenolic OH excluding ortho intramolecular Hbond substituents is 1. The smallest absolute Gasteiger partial charge is 0.126 e. The van der Waals surface area contributed by atoms with E-state index in [4.69, 9.17) is 4.74 Å². The molecular formula is C28H22O2. The lowest BCUT2D eigenvalue weighted by Gasteiger charge is -2.10. The standard InChI is InChI=1S/C28H22O2/c29-28-25(18-22-10-14-27-24(17-22)15-16-30-27)13-12-23-11-9-21(19-26(23)28)8-4-7-20-5-2-1-3-6-20/h1-3,5-6,9-14,17,19,29H,7,15-16,18H2. The van der Waals surface area contributed by atoms with Crippen LogP contribution in [0.25, 0.3) is 10.8 Å². The van der Waals surface area contributed by atoms with E-state index in [9.17, 15) is 5.11 Å². The van der Waals surface area contributed by atoms with Crippen LogP contribution in [0, 0.1) is 11.8 Å². The van der Waals surface area contributed by atoms with Crippen molar-refractivity contribution in [3.63, 3.8) is 0 Å². The van der Waals surface area contributed by atoms with Crippen LogP contribution in [0.4, 0.5) is 0 Å². The lowest BCUT2D eigenvalue weighted by molar-refractivity contribution is 0.357. The zero-order valence-electron chi connectivity index (χ0n) is 16.7. The first kappa shape index (κ1) is 18.3. The first-order valence-electron chi connectivity index (χ1n) is 10.3. The molecule has 30 heavy (non-hydrogen) atoms. The van der Waals surface area contributed by atoms with E-state index in [0.717, 1.165) is 40.7 Å². The Labute approximate surface area is 176 Å². The van der Waals surface area contributed by atoms with Gasteiger partial charge in [0.05, 0.1) is 6.61 Å². The van der Waals surface area contributed by atoms with Crippen molar-refractivity contribution in [2.45, 2.75) is 19.3 Å². The summed E-state index contributed by atoms with van der Waals surface area (Å²) in [5, 5.41) is 12.8. The Hall–Kier alpha value is -3.70. The number of hydrogen-bond acceptors (Lipinski definition) is 2. The maximum atomic E-state index is 11.0. The van der Waals surface area contributed by atoms with Gasteiger partial charge in [0, 0.05) is 30.2 Å². The van der Waals surface area contributed by atoms with Crippen molar-refractivity contribution in [2.75, 3.05) is 6.61 Å². The summed E-state index contributed by atoms with van der Waals surface area (Å²) in [7, 11) is 0. The molecule has 1 aliphatic heterocycles. The first-order valence-corrected chi connectivity index (χ1v) is 10.3. The predicted molar refractivity (Wildman–Crippen MR) is 121 cm³/mol. The third kappa shape index (κ3) is 3.75. The minimum absolute atomic E-state index is 0.343. The molecule has 0 aromatic heterocycles. The molecule has 0 radical (unpaired) electrons. The SMILES string of the molecule is Oc1c(Cc2ccc3c(c2)CCO3)ccc2ccc(C#CCc3ccccc3)cc12. The second-order valence-electron chi connectivity index (χ2n) is 7.69. The fourth-order valence-electron chi connectivity index (χ4n) is 3.98. The lowest BCUT2D eigenvalue weighted by atomic mass is 9.97. The van der Waals surface area contributed by atoms with E-state index in [-0.39, 0.29) is 0 Å². The minimum atomic E-state index is 0.343. The minimum Gasteiger partial charge on any atom is -0.507 e. The second-order valence-corrected chi connectivity index (χ2v) is 7.69. The molecule has 4 aromatic rings. The van der Waals surface area contributed by atoms with Gasteiger partial charge in [0.1, 0.15) is 11.5 Å². The number of rotatable bonds is 3. The molecular weight excluding hydrogens is 368 g/mol. The number of benzene rings is 4. The van der Waals surface area contributed by atoms with Crippen LogP contribution in [-0.4, -0.2) is 11.7 Å². The largest absolute Gasteiger partial charge is 0.507 e. The Morgan fingerprint density at radius 3 is 2.63 bits per heavy atom. The zero-order chi connectivity index (χ0) is 20.3.